The summed E-state index contributed by atoms with van der Waals surface area (Å²) in [5.74, 6) is 0.366. The fourth-order valence-electron chi connectivity index (χ4n) is 1.93. The first-order chi connectivity index (χ1) is 8.81. The minimum absolute atomic E-state index is 0.155. The summed E-state index contributed by atoms with van der Waals surface area (Å²) in [5.41, 5.74) is 0.587. The van der Waals surface area contributed by atoms with Gasteiger partial charge in [0.25, 0.3) is 0 Å². The summed E-state index contributed by atoms with van der Waals surface area (Å²) in [6.45, 7) is 1.27. The molecule has 0 aromatic heterocycles. The van der Waals surface area contributed by atoms with Crippen molar-refractivity contribution in [2.45, 2.75) is 25.9 Å². The maximum absolute atomic E-state index is 11.7. The summed E-state index contributed by atoms with van der Waals surface area (Å²) >= 11 is 0. The third-order valence-corrected chi connectivity index (χ3v) is 2.96. The van der Waals surface area contributed by atoms with Gasteiger partial charge in [-0.15, -0.1) is 0 Å². The molecule has 0 spiro atoms. The van der Waals surface area contributed by atoms with Gasteiger partial charge < -0.3 is 10.0 Å². The number of hydrogen-bond acceptors (Lipinski definition) is 4. The molecule has 0 saturated carbocycles. The van der Waals surface area contributed by atoms with Crippen LogP contribution in [0.4, 0.5) is 4.79 Å². The van der Waals surface area contributed by atoms with Gasteiger partial charge in [-0.2, -0.15) is 0 Å². The summed E-state index contributed by atoms with van der Waals surface area (Å²) in [7, 11) is 0. The Labute approximate surface area is 106 Å². The SMILES string of the molecule is O=C(OOc1ccccc1CO)N1CCCCC1. The van der Waals surface area contributed by atoms with Gasteiger partial charge in [0, 0.05) is 18.7 Å². The summed E-state index contributed by atoms with van der Waals surface area (Å²) in [6, 6.07) is 6.90. The predicted molar refractivity (Wildman–Crippen MR) is 64.9 cm³/mol. The molecule has 0 atom stereocenters. The average Bonchev–Trinajstić information content (AvgIpc) is 2.46. The highest BCUT2D eigenvalue weighted by atomic mass is 17.2. The van der Waals surface area contributed by atoms with Crippen LogP contribution in [0.25, 0.3) is 0 Å². The quantitative estimate of drug-likeness (QED) is 0.660. The van der Waals surface area contributed by atoms with Crippen LogP contribution in [0.15, 0.2) is 24.3 Å². The molecule has 1 N–H and O–H groups in total. The monoisotopic (exact) mass is 251 g/mol. The normalized spacial score (nSPS) is 15.3. The van der Waals surface area contributed by atoms with Crippen LogP contribution in [0, 0.1) is 0 Å². The lowest BCUT2D eigenvalue weighted by Crippen LogP contribution is -2.36. The fourth-order valence-corrected chi connectivity index (χ4v) is 1.93. The van der Waals surface area contributed by atoms with E-state index in [1.165, 1.54) is 0 Å². The number of piperidine rings is 1. The summed E-state index contributed by atoms with van der Waals surface area (Å²) in [6.07, 6.45) is 2.69. The van der Waals surface area contributed by atoms with Crippen LogP contribution in [0.2, 0.25) is 0 Å². The van der Waals surface area contributed by atoms with Crippen molar-refractivity contribution in [1.82, 2.24) is 4.90 Å². The Hall–Kier alpha value is -1.75. The number of rotatable bonds is 3. The van der Waals surface area contributed by atoms with Crippen molar-refractivity contribution in [3.63, 3.8) is 0 Å². The van der Waals surface area contributed by atoms with Crippen molar-refractivity contribution in [1.29, 1.82) is 0 Å². The number of carbonyl (C=O) groups excluding carboxylic acids is 1. The molecule has 18 heavy (non-hydrogen) atoms. The molecule has 0 radical (unpaired) electrons. The highest BCUT2D eigenvalue weighted by molar-refractivity contribution is 5.67. The molecule has 1 aliphatic rings. The number of nitrogens with zero attached hydrogens (tertiary/aromatic N) is 1. The number of benzene rings is 1. The zero-order chi connectivity index (χ0) is 12.8. The summed E-state index contributed by atoms with van der Waals surface area (Å²) in [4.78, 5) is 23.1. The molecular formula is C13H17NO4. The second-order valence-corrected chi connectivity index (χ2v) is 4.25. The van der Waals surface area contributed by atoms with Gasteiger partial charge in [0.15, 0.2) is 5.75 Å². The largest absolute Gasteiger partial charge is 0.452 e. The van der Waals surface area contributed by atoms with Crippen molar-refractivity contribution in [2.24, 2.45) is 0 Å². The minimum atomic E-state index is -0.470. The second kappa shape index (κ2) is 6.26. The number of hydrogen-bond donors (Lipinski definition) is 1. The third-order valence-electron chi connectivity index (χ3n) is 2.96. The van der Waals surface area contributed by atoms with Gasteiger partial charge in [-0.3, -0.25) is 4.89 Å². The molecule has 1 fully saturated rings. The molecule has 1 amide bonds. The summed E-state index contributed by atoms with van der Waals surface area (Å²) in [5, 5.41) is 9.10. The van der Waals surface area contributed by atoms with Crippen molar-refractivity contribution in [3.05, 3.63) is 29.8 Å². The lowest BCUT2D eigenvalue weighted by molar-refractivity contribution is -0.155. The van der Waals surface area contributed by atoms with Crippen LogP contribution in [0.5, 0.6) is 5.75 Å². The van der Waals surface area contributed by atoms with Crippen LogP contribution in [-0.2, 0) is 11.5 Å². The van der Waals surface area contributed by atoms with Crippen LogP contribution in [-0.4, -0.2) is 29.2 Å². The van der Waals surface area contributed by atoms with Gasteiger partial charge >= 0.3 is 6.09 Å². The van der Waals surface area contributed by atoms with Gasteiger partial charge in [-0.1, -0.05) is 18.2 Å². The molecule has 5 nitrogen and oxygen atoms in total. The molecule has 0 unspecified atom stereocenters. The predicted octanol–water partition coefficient (Wildman–Crippen LogP) is 2.10. The van der Waals surface area contributed by atoms with Crippen molar-refractivity contribution < 1.29 is 19.7 Å². The second-order valence-electron chi connectivity index (χ2n) is 4.25. The van der Waals surface area contributed by atoms with E-state index in [4.69, 9.17) is 14.9 Å². The first-order valence-electron chi connectivity index (χ1n) is 6.13. The van der Waals surface area contributed by atoms with E-state index in [0.717, 1.165) is 19.3 Å². The molecule has 0 bridgehead atoms. The van der Waals surface area contributed by atoms with E-state index in [1.807, 2.05) is 0 Å². The molecule has 1 aromatic rings. The van der Waals surface area contributed by atoms with Gasteiger partial charge in [0.2, 0.25) is 0 Å². The molecule has 2 rings (SSSR count). The number of amides is 1. The lowest BCUT2D eigenvalue weighted by Gasteiger charge is -2.24. The number of aliphatic hydroxyl groups excluding tert-OH is 1. The highest BCUT2D eigenvalue weighted by Crippen LogP contribution is 2.18. The van der Waals surface area contributed by atoms with E-state index in [9.17, 15) is 4.79 Å². The van der Waals surface area contributed by atoms with Crippen molar-refractivity contribution >= 4 is 6.09 Å². The molecule has 1 heterocycles. The molecule has 1 aliphatic heterocycles. The lowest BCUT2D eigenvalue weighted by atomic mass is 10.1. The highest BCUT2D eigenvalue weighted by Gasteiger charge is 2.19. The molecule has 1 saturated heterocycles. The number of carbonyl (C=O) groups is 1. The van der Waals surface area contributed by atoms with Crippen LogP contribution in [0.3, 0.4) is 0 Å². The molecule has 5 heteroatoms. The topological polar surface area (TPSA) is 59.0 Å². The van der Waals surface area contributed by atoms with Crippen LogP contribution in [0.1, 0.15) is 24.8 Å². The van der Waals surface area contributed by atoms with Gasteiger partial charge in [-0.25, -0.2) is 9.68 Å². The van der Waals surface area contributed by atoms with Crippen molar-refractivity contribution in [3.8, 4) is 5.75 Å². The standard InChI is InChI=1S/C13H17NO4/c15-10-11-6-2-3-7-12(11)17-18-13(16)14-8-4-1-5-9-14/h2-3,6-7,15H,1,4-5,8-10H2. The van der Waals surface area contributed by atoms with E-state index in [2.05, 4.69) is 0 Å². The van der Waals surface area contributed by atoms with E-state index >= 15 is 0 Å². The number of para-hydroxylation sites is 1. The van der Waals surface area contributed by atoms with E-state index in [-0.39, 0.29) is 6.61 Å². The molecular weight excluding hydrogens is 234 g/mol. The van der Waals surface area contributed by atoms with Gasteiger partial charge in [-0.05, 0) is 25.3 Å². The smallest absolute Gasteiger partial charge is 0.392 e. The zero-order valence-electron chi connectivity index (χ0n) is 10.2. The Morgan fingerprint density at radius 3 is 2.67 bits per heavy atom. The number of aliphatic hydroxyl groups is 1. The zero-order valence-corrected chi connectivity index (χ0v) is 10.2. The first kappa shape index (κ1) is 12.7. The molecule has 0 aliphatic carbocycles. The molecule has 98 valence electrons. The first-order valence-corrected chi connectivity index (χ1v) is 6.13. The van der Waals surface area contributed by atoms with Gasteiger partial charge in [0.1, 0.15) is 0 Å². The maximum atomic E-state index is 11.7. The minimum Gasteiger partial charge on any atom is -0.392 e. The van der Waals surface area contributed by atoms with E-state index in [0.29, 0.717) is 24.4 Å². The van der Waals surface area contributed by atoms with Gasteiger partial charge in [0.05, 0.1) is 6.61 Å². The Kier molecular flexibility index (Phi) is 4.41. The van der Waals surface area contributed by atoms with E-state index in [1.54, 1.807) is 29.2 Å². The third kappa shape index (κ3) is 3.13. The fraction of sp³-hybridized carbons (Fsp3) is 0.462. The average molecular weight is 251 g/mol. The summed E-state index contributed by atoms with van der Waals surface area (Å²) < 4.78 is 0. The molecule has 1 aromatic carbocycles. The van der Waals surface area contributed by atoms with E-state index < -0.39 is 6.09 Å². The maximum Gasteiger partial charge on any atom is 0.452 e. The Bertz CT molecular complexity index is 402. The number of likely N-dealkylation sites (tertiary alicyclic amines) is 1. The van der Waals surface area contributed by atoms with Crippen LogP contribution < -0.4 is 4.89 Å². The van der Waals surface area contributed by atoms with Crippen LogP contribution >= 0.6 is 0 Å². The Morgan fingerprint density at radius 2 is 1.94 bits per heavy atom. The Balaban J connectivity index is 1.88. The van der Waals surface area contributed by atoms with Crippen molar-refractivity contribution in [2.75, 3.05) is 13.1 Å². The Morgan fingerprint density at radius 1 is 1.22 bits per heavy atom.